The molecular formula is C13H10BrClFN3O2. The monoisotopic (exact) mass is 373 g/mol. The van der Waals surface area contributed by atoms with E-state index in [-0.39, 0.29) is 17.4 Å². The Kier molecular flexibility index (Phi) is 4.74. The third-order valence-corrected chi connectivity index (χ3v) is 3.58. The Morgan fingerprint density at radius 3 is 2.81 bits per heavy atom. The largest absolute Gasteiger partial charge is 0.302 e. The zero-order valence-electron chi connectivity index (χ0n) is 10.9. The van der Waals surface area contributed by atoms with Crippen LogP contribution in [0.1, 0.15) is 12.5 Å². The molecule has 0 aliphatic rings. The molecule has 0 aliphatic carbocycles. The van der Waals surface area contributed by atoms with Crippen molar-refractivity contribution in [3.05, 3.63) is 45.3 Å². The van der Waals surface area contributed by atoms with Gasteiger partial charge >= 0.3 is 0 Å². The molecule has 0 radical (unpaired) electrons. The molecule has 0 unspecified atom stereocenters. The molecule has 1 aromatic carbocycles. The van der Waals surface area contributed by atoms with E-state index >= 15 is 0 Å². The minimum atomic E-state index is -0.773. The second-order valence-electron chi connectivity index (χ2n) is 4.23. The lowest BCUT2D eigenvalue weighted by Gasteiger charge is -2.05. The number of ketones is 1. The standard InChI is InChI=1S/C13H10BrClFN3O2/c1-7(20)13(21)17-12-9(14)6-19(18-12)5-8-10(15)3-2-4-11(8)16/h2-4,6H,5H2,1H3,(H,17,18,21). The van der Waals surface area contributed by atoms with E-state index in [9.17, 15) is 14.0 Å². The fourth-order valence-corrected chi connectivity index (χ4v) is 2.24. The lowest BCUT2D eigenvalue weighted by Crippen LogP contribution is -2.20. The molecule has 2 aromatic rings. The van der Waals surface area contributed by atoms with E-state index in [0.717, 1.165) is 6.92 Å². The van der Waals surface area contributed by atoms with Crippen LogP contribution in [-0.2, 0) is 16.1 Å². The normalized spacial score (nSPS) is 10.5. The molecule has 0 fully saturated rings. The minimum Gasteiger partial charge on any atom is -0.302 e. The van der Waals surface area contributed by atoms with Gasteiger partial charge in [0.1, 0.15) is 5.82 Å². The highest BCUT2D eigenvalue weighted by molar-refractivity contribution is 9.10. The van der Waals surface area contributed by atoms with Crippen molar-refractivity contribution < 1.29 is 14.0 Å². The molecule has 1 N–H and O–H groups in total. The van der Waals surface area contributed by atoms with Crippen LogP contribution < -0.4 is 5.32 Å². The van der Waals surface area contributed by atoms with Crippen molar-refractivity contribution in [2.24, 2.45) is 0 Å². The average molecular weight is 375 g/mol. The van der Waals surface area contributed by atoms with Gasteiger partial charge in [-0.05, 0) is 28.1 Å². The molecule has 1 aromatic heterocycles. The second kappa shape index (κ2) is 6.36. The number of rotatable bonds is 4. The van der Waals surface area contributed by atoms with Crippen molar-refractivity contribution >= 4 is 45.0 Å². The van der Waals surface area contributed by atoms with Gasteiger partial charge < -0.3 is 5.32 Å². The number of halogens is 3. The lowest BCUT2D eigenvalue weighted by atomic mass is 10.2. The summed E-state index contributed by atoms with van der Waals surface area (Å²) < 4.78 is 15.6. The highest BCUT2D eigenvalue weighted by atomic mass is 79.9. The molecule has 0 spiro atoms. The number of hydrogen-bond acceptors (Lipinski definition) is 3. The fraction of sp³-hybridized carbons (Fsp3) is 0.154. The number of carbonyl (C=O) groups is 2. The number of Topliss-reactive ketones (excluding diaryl/α,β-unsaturated/α-hetero) is 1. The average Bonchev–Trinajstić information content (AvgIpc) is 2.74. The van der Waals surface area contributed by atoms with Gasteiger partial charge in [0.2, 0.25) is 5.78 Å². The number of nitrogens with zero attached hydrogens (tertiary/aromatic N) is 2. The van der Waals surface area contributed by atoms with Crippen molar-refractivity contribution in [1.82, 2.24) is 9.78 Å². The SMILES string of the molecule is CC(=O)C(=O)Nc1nn(Cc2c(F)cccc2Cl)cc1Br. The maximum atomic E-state index is 13.7. The molecule has 110 valence electrons. The van der Waals surface area contributed by atoms with Gasteiger partial charge in [-0.2, -0.15) is 5.10 Å². The summed E-state index contributed by atoms with van der Waals surface area (Å²) in [6.07, 6.45) is 1.55. The first-order valence-electron chi connectivity index (χ1n) is 5.86. The molecule has 1 amide bonds. The summed E-state index contributed by atoms with van der Waals surface area (Å²) in [4.78, 5) is 22.2. The number of amides is 1. The van der Waals surface area contributed by atoms with E-state index in [2.05, 4.69) is 26.3 Å². The van der Waals surface area contributed by atoms with Crippen LogP contribution in [0.2, 0.25) is 5.02 Å². The summed E-state index contributed by atoms with van der Waals surface area (Å²) in [5.41, 5.74) is 0.290. The Morgan fingerprint density at radius 2 is 2.19 bits per heavy atom. The number of hydrogen-bond donors (Lipinski definition) is 1. The van der Waals surface area contributed by atoms with Crippen LogP contribution in [0.4, 0.5) is 10.2 Å². The summed E-state index contributed by atoms with van der Waals surface area (Å²) in [6.45, 7) is 1.25. The van der Waals surface area contributed by atoms with Crippen LogP contribution in [0.15, 0.2) is 28.9 Å². The molecule has 0 bridgehead atoms. The molecule has 0 aliphatic heterocycles. The second-order valence-corrected chi connectivity index (χ2v) is 5.50. The smallest absolute Gasteiger partial charge is 0.292 e. The van der Waals surface area contributed by atoms with Crippen LogP contribution in [0.25, 0.3) is 0 Å². The van der Waals surface area contributed by atoms with Gasteiger partial charge in [0.05, 0.1) is 11.0 Å². The third kappa shape index (κ3) is 3.68. The summed E-state index contributed by atoms with van der Waals surface area (Å²) >= 11 is 9.15. The maximum absolute atomic E-state index is 13.7. The van der Waals surface area contributed by atoms with Crippen molar-refractivity contribution in [2.75, 3.05) is 5.32 Å². The first kappa shape index (κ1) is 15.7. The first-order chi connectivity index (χ1) is 9.88. The van der Waals surface area contributed by atoms with Crippen molar-refractivity contribution in [1.29, 1.82) is 0 Å². The lowest BCUT2D eigenvalue weighted by molar-refractivity contribution is -0.133. The molecule has 5 nitrogen and oxygen atoms in total. The topological polar surface area (TPSA) is 64.0 Å². The molecule has 0 saturated carbocycles. The number of anilines is 1. The highest BCUT2D eigenvalue weighted by Crippen LogP contribution is 2.24. The number of carbonyl (C=O) groups excluding carboxylic acids is 2. The summed E-state index contributed by atoms with van der Waals surface area (Å²) in [5, 5.41) is 6.71. The van der Waals surface area contributed by atoms with Crippen LogP contribution in [0.3, 0.4) is 0 Å². The van der Waals surface area contributed by atoms with E-state index in [1.54, 1.807) is 12.3 Å². The highest BCUT2D eigenvalue weighted by Gasteiger charge is 2.15. The Hall–Kier alpha value is -1.73. The van der Waals surface area contributed by atoms with E-state index in [1.807, 2.05) is 0 Å². The molecule has 0 saturated heterocycles. The Labute approximate surface area is 133 Å². The van der Waals surface area contributed by atoms with E-state index in [4.69, 9.17) is 11.6 Å². The fourth-order valence-electron chi connectivity index (χ4n) is 1.60. The molecule has 1 heterocycles. The van der Waals surface area contributed by atoms with Gasteiger partial charge in [0.15, 0.2) is 5.82 Å². The van der Waals surface area contributed by atoms with E-state index in [1.165, 1.54) is 16.8 Å². The first-order valence-corrected chi connectivity index (χ1v) is 7.03. The van der Waals surface area contributed by atoms with Crippen LogP contribution in [0.5, 0.6) is 0 Å². The Bertz CT molecular complexity index is 697. The summed E-state index contributed by atoms with van der Waals surface area (Å²) in [5.74, 6) is -1.66. The maximum Gasteiger partial charge on any atom is 0.292 e. The summed E-state index contributed by atoms with van der Waals surface area (Å²) in [7, 11) is 0. The third-order valence-electron chi connectivity index (χ3n) is 2.65. The van der Waals surface area contributed by atoms with E-state index < -0.39 is 17.5 Å². The van der Waals surface area contributed by atoms with Gasteiger partial charge in [-0.25, -0.2) is 4.39 Å². The van der Waals surface area contributed by atoms with Crippen LogP contribution in [0, 0.1) is 5.82 Å². The zero-order chi connectivity index (χ0) is 15.6. The minimum absolute atomic E-state index is 0.0973. The zero-order valence-corrected chi connectivity index (χ0v) is 13.2. The van der Waals surface area contributed by atoms with Gasteiger partial charge in [0.25, 0.3) is 5.91 Å². The number of benzene rings is 1. The molecular weight excluding hydrogens is 365 g/mol. The van der Waals surface area contributed by atoms with Crippen molar-refractivity contribution in [3.63, 3.8) is 0 Å². The van der Waals surface area contributed by atoms with Gasteiger partial charge in [-0.15, -0.1) is 0 Å². The van der Waals surface area contributed by atoms with Crippen molar-refractivity contribution in [2.45, 2.75) is 13.5 Å². The number of nitrogens with one attached hydrogen (secondary N) is 1. The van der Waals surface area contributed by atoms with Gasteiger partial charge in [-0.3, -0.25) is 14.3 Å². The Morgan fingerprint density at radius 1 is 1.48 bits per heavy atom. The summed E-state index contributed by atoms with van der Waals surface area (Å²) in [6, 6.07) is 4.40. The Balaban J connectivity index is 2.23. The van der Waals surface area contributed by atoms with Gasteiger partial charge in [-0.1, -0.05) is 17.7 Å². The molecule has 0 atom stereocenters. The number of aromatic nitrogens is 2. The predicted octanol–water partition coefficient (Wildman–Crippen LogP) is 3.01. The molecule has 2 rings (SSSR count). The molecule has 8 heteroatoms. The van der Waals surface area contributed by atoms with Gasteiger partial charge in [0, 0.05) is 23.7 Å². The van der Waals surface area contributed by atoms with Crippen LogP contribution >= 0.6 is 27.5 Å². The van der Waals surface area contributed by atoms with Crippen molar-refractivity contribution in [3.8, 4) is 0 Å². The predicted molar refractivity (Wildman–Crippen MR) is 79.7 cm³/mol. The molecule has 21 heavy (non-hydrogen) atoms. The quantitative estimate of drug-likeness (QED) is 0.837. The van der Waals surface area contributed by atoms with E-state index in [0.29, 0.717) is 10.0 Å². The van der Waals surface area contributed by atoms with Crippen LogP contribution in [-0.4, -0.2) is 21.5 Å².